The number of hydrogen-bond donors (Lipinski definition) is 1. The highest BCUT2D eigenvalue weighted by Crippen LogP contribution is 2.39. The van der Waals surface area contributed by atoms with Gasteiger partial charge < -0.3 is 5.73 Å². The van der Waals surface area contributed by atoms with Gasteiger partial charge in [0.1, 0.15) is 0 Å². The molecule has 3 aromatic rings. The number of aromatic nitrogens is 2. The van der Waals surface area contributed by atoms with Crippen molar-refractivity contribution in [3.63, 3.8) is 0 Å². The number of benzene rings is 2. The number of nitrogens with two attached hydrogens (primary N) is 1. The smallest absolute Gasteiger partial charge is 0.270 e. The van der Waals surface area contributed by atoms with Crippen molar-refractivity contribution in [1.29, 1.82) is 5.26 Å². The zero-order valence-electron chi connectivity index (χ0n) is 15.9. The molecule has 1 atom stereocenters. The second kappa shape index (κ2) is 7.86. The maximum Gasteiger partial charge on any atom is 0.270 e. The zero-order valence-corrected chi connectivity index (χ0v) is 15.9. The van der Waals surface area contributed by atoms with Gasteiger partial charge in [-0.25, -0.2) is 4.68 Å². The minimum absolute atomic E-state index is 0.0479. The topological polar surface area (TPSA) is 111 Å². The monoisotopic (exact) mass is 387 g/mol. The van der Waals surface area contributed by atoms with Crippen LogP contribution in [0.15, 0.2) is 48.5 Å². The Kier molecular flexibility index (Phi) is 5.10. The van der Waals surface area contributed by atoms with E-state index in [-0.39, 0.29) is 16.5 Å². The van der Waals surface area contributed by atoms with Crippen LogP contribution in [0, 0.1) is 21.4 Å². The molecule has 1 aromatic heterocycles. The van der Waals surface area contributed by atoms with Crippen LogP contribution in [0.5, 0.6) is 0 Å². The van der Waals surface area contributed by atoms with E-state index in [4.69, 9.17) is 16.1 Å². The summed E-state index contributed by atoms with van der Waals surface area (Å²) < 4.78 is 1.93. The van der Waals surface area contributed by atoms with Gasteiger partial charge in [0, 0.05) is 34.9 Å². The Morgan fingerprint density at radius 2 is 2.07 bits per heavy atom. The largest absolute Gasteiger partial charge is 0.330 e. The van der Waals surface area contributed by atoms with E-state index in [1.54, 1.807) is 12.1 Å². The number of hydrogen-bond acceptors (Lipinski definition) is 5. The van der Waals surface area contributed by atoms with E-state index in [9.17, 15) is 10.1 Å². The van der Waals surface area contributed by atoms with Gasteiger partial charge in [-0.05, 0) is 43.5 Å². The van der Waals surface area contributed by atoms with E-state index in [2.05, 4.69) is 6.07 Å². The highest BCUT2D eigenvalue weighted by Gasteiger charge is 2.29. The Morgan fingerprint density at radius 3 is 2.76 bits per heavy atom. The van der Waals surface area contributed by atoms with Gasteiger partial charge in [0.05, 0.1) is 28.8 Å². The van der Waals surface area contributed by atoms with Crippen LogP contribution < -0.4 is 5.73 Å². The number of fused-ring (bicyclic) bond motifs is 1. The van der Waals surface area contributed by atoms with Gasteiger partial charge in [-0.3, -0.25) is 10.1 Å². The Bertz CT molecular complexity index is 1100. The number of rotatable bonds is 5. The molecule has 0 amide bonds. The molecule has 0 fully saturated rings. The number of nitro benzene ring substituents is 1. The molecular formula is C22H21N5O2. The van der Waals surface area contributed by atoms with Crippen molar-refractivity contribution in [2.45, 2.75) is 31.6 Å². The van der Waals surface area contributed by atoms with Crippen molar-refractivity contribution in [3.8, 4) is 23.0 Å². The quantitative estimate of drug-likeness (QED) is 0.527. The van der Waals surface area contributed by atoms with Gasteiger partial charge in [-0.15, -0.1) is 0 Å². The Balaban J connectivity index is 1.87. The lowest BCUT2D eigenvalue weighted by Gasteiger charge is -2.23. The van der Waals surface area contributed by atoms with Crippen LogP contribution in [0.1, 0.15) is 35.6 Å². The second-order valence-electron chi connectivity index (χ2n) is 7.25. The lowest BCUT2D eigenvalue weighted by atomic mass is 9.84. The first-order valence-electron chi connectivity index (χ1n) is 9.65. The third-order valence-corrected chi connectivity index (χ3v) is 5.48. The Morgan fingerprint density at radius 1 is 1.28 bits per heavy atom. The highest BCUT2D eigenvalue weighted by atomic mass is 16.6. The lowest BCUT2D eigenvalue weighted by Crippen LogP contribution is -2.19. The maximum absolute atomic E-state index is 11.2. The summed E-state index contributed by atoms with van der Waals surface area (Å²) in [6.45, 7) is 0.516. The minimum atomic E-state index is -0.388. The van der Waals surface area contributed by atoms with Crippen LogP contribution in [0.2, 0.25) is 0 Å². The molecule has 7 heteroatoms. The van der Waals surface area contributed by atoms with Gasteiger partial charge in [0.15, 0.2) is 0 Å². The lowest BCUT2D eigenvalue weighted by molar-refractivity contribution is -0.384. The fraction of sp³-hybridized carbons (Fsp3) is 0.273. The minimum Gasteiger partial charge on any atom is -0.330 e. The van der Waals surface area contributed by atoms with Crippen LogP contribution >= 0.6 is 0 Å². The van der Waals surface area contributed by atoms with E-state index in [0.717, 1.165) is 53.0 Å². The number of nitro groups is 1. The van der Waals surface area contributed by atoms with E-state index < -0.39 is 0 Å². The number of nitriles is 1. The van der Waals surface area contributed by atoms with E-state index in [1.807, 2.05) is 35.0 Å². The summed E-state index contributed by atoms with van der Waals surface area (Å²) in [4.78, 5) is 10.9. The third kappa shape index (κ3) is 3.50. The van der Waals surface area contributed by atoms with E-state index >= 15 is 0 Å². The molecule has 4 rings (SSSR count). The van der Waals surface area contributed by atoms with Crippen molar-refractivity contribution in [1.82, 2.24) is 9.78 Å². The summed E-state index contributed by atoms with van der Waals surface area (Å²) in [6.07, 6.45) is 3.26. The molecule has 2 N–H and O–H groups in total. The fourth-order valence-electron chi connectivity index (χ4n) is 4.07. The fourth-order valence-corrected chi connectivity index (χ4v) is 4.07. The van der Waals surface area contributed by atoms with Crippen molar-refractivity contribution in [3.05, 3.63) is 75.5 Å². The van der Waals surface area contributed by atoms with E-state index in [1.165, 1.54) is 6.07 Å². The number of non-ortho nitro benzene ring substituents is 1. The summed E-state index contributed by atoms with van der Waals surface area (Å²) in [5.41, 5.74) is 11.7. The van der Waals surface area contributed by atoms with Gasteiger partial charge in [-0.1, -0.05) is 24.3 Å². The van der Waals surface area contributed by atoms with Gasteiger partial charge in [0.25, 0.3) is 5.69 Å². The Labute approximate surface area is 168 Å². The predicted molar refractivity (Wildman–Crippen MR) is 110 cm³/mol. The van der Waals surface area contributed by atoms with Crippen molar-refractivity contribution in [2.24, 2.45) is 5.73 Å². The molecule has 0 saturated heterocycles. The van der Waals surface area contributed by atoms with Crippen LogP contribution in [0.3, 0.4) is 0 Å². The molecule has 0 aliphatic heterocycles. The molecule has 1 aliphatic rings. The molecule has 7 nitrogen and oxygen atoms in total. The van der Waals surface area contributed by atoms with Crippen LogP contribution in [0.25, 0.3) is 16.9 Å². The molecule has 0 saturated carbocycles. The summed E-state index contributed by atoms with van der Waals surface area (Å²) in [6, 6.07) is 16.6. The first kappa shape index (κ1) is 18.8. The Hall–Kier alpha value is -3.50. The van der Waals surface area contributed by atoms with Crippen LogP contribution in [0.4, 0.5) is 5.69 Å². The SMILES string of the molecule is N#CCc1ccc(-n2nc(-c3cccc([N+](=O)[O-])c3)c3c2CCCC3CN)cc1. The highest BCUT2D eigenvalue weighted by molar-refractivity contribution is 5.68. The van der Waals surface area contributed by atoms with Crippen LogP contribution in [-0.4, -0.2) is 21.2 Å². The van der Waals surface area contributed by atoms with Crippen molar-refractivity contribution >= 4 is 5.69 Å². The predicted octanol–water partition coefficient (Wildman–Crippen LogP) is 3.89. The zero-order chi connectivity index (χ0) is 20.4. The van der Waals surface area contributed by atoms with Crippen molar-refractivity contribution in [2.75, 3.05) is 6.54 Å². The number of nitrogens with zero attached hydrogens (tertiary/aromatic N) is 4. The summed E-state index contributed by atoms with van der Waals surface area (Å²) in [7, 11) is 0. The first-order chi connectivity index (χ1) is 14.1. The summed E-state index contributed by atoms with van der Waals surface area (Å²) in [5.74, 6) is 0.180. The van der Waals surface area contributed by atoms with Crippen molar-refractivity contribution < 1.29 is 4.92 Å². The molecule has 0 spiro atoms. The average Bonchev–Trinajstić information content (AvgIpc) is 3.14. The molecule has 0 radical (unpaired) electrons. The average molecular weight is 387 g/mol. The van der Waals surface area contributed by atoms with Gasteiger partial charge in [-0.2, -0.15) is 10.4 Å². The molecular weight excluding hydrogens is 366 g/mol. The standard InChI is InChI=1S/C22H21N5O2/c23-12-11-15-7-9-18(10-8-15)26-20-6-2-4-17(14-24)21(20)22(25-26)16-3-1-5-19(13-16)27(28)29/h1,3,5,7-10,13,17H,2,4,6,11,14,24H2. The normalized spacial score (nSPS) is 15.5. The third-order valence-electron chi connectivity index (χ3n) is 5.48. The van der Waals surface area contributed by atoms with Crippen LogP contribution in [-0.2, 0) is 12.8 Å². The molecule has 1 heterocycles. The molecule has 146 valence electrons. The second-order valence-corrected chi connectivity index (χ2v) is 7.25. The van der Waals surface area contributed by atoms with Gasteiger partial charge >= 0.3 is 0 Å². The molecule has 0 bridgehead atoms. The summed E-state index contributed by atoms with van der Waals surface area (Å²) in [5, 5.41) is 25.0. The van der Waals surface area contributed by atoms with E-state index in [0.29, 0.717) is 13.0 Å². The maximum atomic E-state index is 11.2. The molecule has 1 aliphatic carbocycles. The molecule has 29 heavy (non-hydrogen) atoms. The first-order valence-corrected chi connectivity index (χ1v) is 9.65. The summed E-state index contributed by atoms with van der Waals surface area (Å²) >= 11 is 0. The molecule has 2 aromatic carbocycles. The molecule has 1 unspecified atom stereocenters. The van der Waals surface area contributed by atoms with Gasteiger partial charge in [0.2, 0.25) is 0 Å².